The number of hydrogen-bond donors (Lipinski definition) is 2. The molecule has 1 heterocycles. The molecule has 1 aliphatic rings. The summed E-state index contributed by atoms with van der Waals surface area (Å²) in [4.78, 5) is 12.0. The average Bonchev–Trinajstić information content (AvgIpc) is 2.45. The highest BCUT2D eigenvalue weighted by molar-refractivity contribution is 5.74. The summed E-state index contributed by atoms with van der Waals surface area (Å²) < 4.78 is 18.8. The summed E-state index contributed by atoms with van der Waals surface area (Å²) in [7, 11) is 0. The summed E-state index contributed by atoms with van der Waals surface area (Å²) >= 11 is 0. The molecule has 1 saturated heterocycles. The number of hydrogen-bond acceptors (Lipinski definition) is 2. The van der Waals surface area contributed by atoms with Gasteiger partial charge in [-0.1, -0.05) is 26.0 Å². The third-order valence-corrected chi connectivity index (χ3v) is 4.12. The second-order valence-corrected chi connectivity index (χ2v) is 6.62. The van der Waals surface area contributed by atoms with Gasteiger partial charge in [-0.3, -0.25) is 0 Å². The fourth-order valence-corrected chi connectivity index (χ4v) is 2.68. The van der Waals surface area contributed by atoms with E-state index in [1.165, 1.54) is 12.1 Å². The standard InChI is InChI=1S/C17H25FN2O2/c1-12-9-15(7-8-22-12)20-16(21)19-11-17(2,3)13-5-4-6-14(18)10-13/h4-6,10,12,15H,7-9,11H2,1-3H3,(H2,19,20,21). The largest absolute Gasteiger partial charge is 0.378 e. The smallest absolute Gasteiger partial charge is 0.315 e. The lowest BCUT2D eigenvalue weighted by molar-refractivity contribution is 0.0154. The molecule has 2 unspecified atom stereocenters. The van der Waals surface area contributed by atoms with E-state index in [9.17, 15) is 9.18 Å². The van der Waals surface area contributed by atoms with Crippen LogP contribution in [0.3, 0.4) is 0 Å². The molecule has 0 saturated carbocycles. The highest BCUT2D eigenvalue weighted by Crippen LogP contribution is 2.22. The zero-order valence-corrected chi connectivity index (χ0v) is 13.5. The SMILES string of the molecule is CC1CC(NC(=O)NCC(C)(C)c2cccc(F)c2)CCO1. The molecule has 0 spiro atoms. The zero-order chi connectivity index (χ0) is 16.2. The Morgan fingerprint density at radius 1 is 1.45 bits per heavy atom. The van der Waals surface area contributed by atoms with E-state index in [0.717, 1.165) is 18.4 Å². The maximum Gasteiger partial charge on any atom is 0.315 e. The first-order chi connectivity index (χ1) is 10.4. The summed E-state index contributed by atoms with van der Waals surface area (Å²) in [6.45, 7) is 7.11. The van der Waals surface area contributed by atoms with Gasteiger partial charge in [0.2, 0.25) is 0 Å². The quantitative estimate of drug-likeness (QED) is 0.898. The van der Waals surface area contributed by atoms with Gasteiger partial charge in [-0.05, 0) is 37.5 Å². The Labute approximate surface area is 131 Å². The van der Waals surface area contributed by atoms with Gasteiger partial charge in [0.05, 0.1) is 6.10 Å². The Kier molecular flexibility index (Phi) is 5.40. The van der Waals surface area contributed by atoms with Gasteiger partial charge >= 0.3 is 6.03 Å². The summed E-state index contributed by atoms with van der Waals surface area (Å²) in [5.74, 6) is -0.258. The predicted molar refractivity (Wildman–Crippen MR) is 84.4 cm³/mol. The molecule has 0 bridgehead atoms. The molecule has 5 heteroatoms. The first kappa shape index (κ1) is 16.7. The van der Waals surface area contributed by atoms with Crippen molar-refractivity contribution in [3.63, 3.8) is 0 Å². The van der Waals surface area contributed by atoms with Crippen LogP contribution in [0.15, 0.2) is 24.3 Å². The Hall–Kier alpha value is -1.62. The molecule has 1 aromatic carbocycles. The van der Waals surface area contributed by atoms with Gasteiger partial charge in [-0.25, -0.2) is 9.18 Å². The number of carbonyl (C=O) groups excluding carboxylic acids is 1. The molecular formula is C17H25FN2O2. The maximum absolute atomic E-state index is 13.3. The zero-order valence-electron chi connectivity index (χ0n) is 13.5. The van der Waals surface area contributed by atoms with Crippen LogP contribution in [0.25, 0.3) is 0 Å². The lowest BCUT2D eigenvalue weighted by atomic mass is 9.84. The van der Waals surface area contributed by atoms with Crippen LogP contribution < -0.4 is 10.6 Å². The number of urea groups is 1. The highest BCUT2D eigenvalue weighted by atomic mass is 19.1. The van der Waals surface area contributed by atoms with Gasteiger partial charge in [0.15, 0.2) is 0 Å². The van der Waals surface area contributed by atoms with E-state index in [1.54, 1.807) is 6.07 Å². The van der Waals surface area contributed by atoms with Crippen LogP contribution in [0.5, 0.6) is 0 Å². The van der Waals surface area contributed by atoms with Gasteiger partial charge in [0, 0.05) is 24.6 Å². The van der Waals surface area contributed by atoms with E-state index < -0.39 is 0 Å². The minimum atomic E-state index is -0.331. The van der Waals surface area contributed by atoms with E-state index in [-0.39, 0.29) is 29.4 Å². The molecule has 0 aliphatic carbocycles. The van der Waals surface area contributed by atoms with Crippen LogP contribution >= 0.6 is 0 Å². The molecule has 2 N–H and O–H groups in total. The fraction of sp³-hybridized carbons (Fsp3) is 0.588. The van der Waals surface area contributed by atoms with Crippen molar-refractivity contribution in [1.29, 1.82) is 0 Å². The van der Waals surface area contributed by atoms with Crippen molar-refractivity contribution >= 4 is 6.03 Å². The van der Waals surface area contributed by atoms with Crippen molar-refractivity contribution in [2.45, 2.75) is 51.2 Å². The van der Waals surface area contributed by atoms with E-state index in [1.807, 2.05) is 26.8 Å². The van der Waals surface area contributed by atoms with E-state index in [0.29, 0.717) is 13.2 Å². The van der Waals surface area contributed by atoms with Gasteiger partial charge in [-0.2, -0.15) is 0 Å². The third-order valence-electron chi connectivity index (χ3n) is 4.12. The van der Waals surface area contributed by atoms with Gasteiger partial charge in [0.25, 0.3) is 0 Å². The number of ether oxygens (including phenoxy) is 1. The summed E-state index contributed by atoms with van der Waals surface area (Å²) in [5, 5.41) is 5.87. The van der Waals surface area contributed by atoms with Crippen molar-refractivity contribution in [3.8, 4) is 0 Å². The number of amides is 2. The normalized spacial score (nSPS) is 22.2. The third kappa shape index (κ3) is 4.70. The molecule has 0 radical (unpaired) electrons. The van der Waals surface area contributed by atoms with Crippen molar-refractivity contribution in [1.82, 2.24) is 10.6 Å². The molecule has 1 aromatic rings. The van der Waals surface area contributed by atoms with Crippen molar-refractivity contribution in [2.24, 2.45) is 0 Å². The molecule has 2 amide bonds. The molecule has 122 valence electrons. The summed E-state index contributed by atoms with van der Waals surface area (Å²) in [6.07, 6.45) is 1.86. The van der Waals surface area contributed by atoms with Gasteiger partial charge in [0.1, 0.15) is 5.82 Å². The topological polar surface area (TPSA) is 50.4 Å². The Morgan fingerprint density at radius 3 is 2.91 bits per heavy atom. The molecule has 22 heavy (non-hydrogen) atoms. The van der Waals surface area contributed by atoms with E-state index >= 15 is 0 Å². The van der Waals surface area contributed by atoms with Crippen LogP contribution in [-0.4, -0.2) is 31.3 Å². The molecule has 0 aromatic heterocycles. The van der Waals surface area contributed by atoms with Crippen LogP contribution in [0.4, 0.5) is 9.18 Å². The Balaban J connectivity index is 1.84. The number of carbonyl (C=O) groups is 1. The molecule has 2 rings (SSSR count). The first-order valence-electron chi connectivity index (χ1n) is 7.79. The van der Waals surface area contributed by atoms with Crippen molar-refractivity contribution < 1.29 is 13.9 Å². The van der Waals surface area contributed by atoms with Gasteiger partial charge < -0.3 is 15.4 Å². The molecular weight excluding hydrogens is 283 g/mol. The maximum atomic E-state index is 13.3. The summed E-state index contributed by atoms with van der Waals surface area (Å²) in [6, 6.07) is 6.48. The highest BCUT2D eigenvalue weighted by Gasteiger charge is 2.24. The monoisotopic (exact) mass is 308 g/mol. The number of halogens is 1. The van der Waals surface area contributed by atoms with Crippen LogP contribution in [0.2, 0.25) is 0 Å². The van der Waals surface area contributed by atoms with E-state index in [2.05, 4.69) is 10.6 Å². The average molecular weight is 308 g/mol. The second kappa shape index (κ2) is 7.09. The molecule has 2 atom stereocenters. The van der Waals surface area contributed by atoms with Crippen LogP contribution in [0.1, 0.15) is 39.2 Å². The minimum absolute atomic E-state index is 0.154. The van der Waals surface area contributed by atoms with Crippen LogP contribution in [-0.2, 0) is 10.2 Å². The second-order valence-electron chi connectivity index (χ2n) is 6.62. The summed E-state index contributed by atoms with van der Waals surface area (Å²) in [5.41, 5.74) is 0.537. The van der Waals surface area contributed by atoms with Crippen molar-refractivity contribution in [3.05, 3.63) is 35.6 Å². The van der Waals surface area contributed by atoms with Crippen LogP contribution in [0, 0.1) is 5.82 Å². The Morgan fingerprint density at radius 2 is 2.23 bits per heavy atom. The molecule has 4 nitrogen and oxygen atoms in total. The lowest BCUT2D eigenvalue weighted by Gasteiger charge is -2.29. The predicted octanol–water partition coefficient (Wildman–Crippen LogP) is 2.97. The Bertz CT molecular complexity index is 519. The number of benzene rings is 1. The van der Waals surface area contributed by atoms with E-state index in [4.69, 9.17) is 4.74 Å². The van der Waals surface area contributed by atoms with Crippen molar-refractivity contribution in [2.75, 3.05) is 13.2 Å². The first-order valence-corrected chi connectivity index (χ1v) is 7.79. The fourth-order valence-electron chi connectivity index (χ4n) is 2.68. The minimum Gasteiger partial charge on any atom is -0.378 e. The van der Waals surface area contributed by atoms with Gasteiger partial charge in [-0.15, -0.1) is 0 Å². The number of rotatable bonds is 4. The number of nitrogens with one attached hydrogen (secondary N) is 2. The molecule has 1 fully saturated rings. The lowest BCUT2D eigenvalue weighted by Crippen LogP contribution is -2.48. The molecule has 1 aliphatic heterocycles.